The molecule has 1 aliphatic carbocycles. The highest BCUT2D eigenvalue weighted by Crippen LogP contribution is 2.37. The minimum absolute atomic E-state index is 0.0100. The summed E-state index contributed by atoms with van der Waals surface area (Å²) in [5.74, 6) is -1.21. The van der Waals surface area contributed by atoms with Gasteiger partial charge < -0.3 is 26.0 Å². The summed E-state index contributed by atoms with van der Waals surface area (Å²) in [6.45, 7) is 0. The van der Waals surface area contributed by atoms with Crippen molar-refractivity contribution in [2.24, 2.45) is 0 Å². The molecule has 1 amide bonds. The van der Waals surface area contributed by atoms with Crippen LogP contribution in [-0.2, 0) is 16.9 Å². The summed E-state index contributed by atoms with van der Waals surface area (Å²) in [6.07, 6.45) is 2.09. The maximum absolute atomic E-state index is 14.0. The number of rotatable bonds is 9. The molecule has 0 bridgehead atoms. The molecule has 2 aromatic heterocycles. The van der Waals surface area contributed by atoms with Crippen LogP contribution in [0.4, 0.5) is 36.3 Å². The number of anilines is 4. The Morgan fingerprint density at radius 2 is 1.77 bits per heavy atom. The second kappa shape index (κ2) is 13.2. The summed E-state index contributed by atoms with van der Waals surface area (Å²) in [6, 6.07) is 11.3. The zero-order valence-corrected chi connectivity index (χ0v) is 24.6. The third-order valence-corrected chi connectivity index (χ3v) is 8.09. The van der Waals surface area contributed by atoms with Gasteiger partial charge in [0.25, 0.3) is 5.91 Å². The van der Waals surface area contributed by atoms with Crippen molar-refractivity contribution < 1.29 is 32.5 Å². The lowest BCUT2D eigenvalue weighted by Crippen LogP contribution is -2.21. The molecule has 1 fully saturated rings. The summed E-state index contributed by atoms with van der Waals surface area (Å²) in [4.78, 5) is 29.9. The van der Waals surface area contributed by atoms with Crippen molar-refractivity contribution in [2.75, 3.05) is 17.7 Å². The average Bonchev–Trinajstić information content (AvgIpc) is 3.48. The number of nitrogens with one attached hydrogen (secondary N) is 3. The van der Waals surface area contributed by atoms with E-state index < -0.39 is 31.5 Å². The summed E-state index contributed by atoms with van der Waals surface area (Å²) in [5, 5.41) is 22.3. The SMILES string of the molecule is CNC(=O)c1cc(-c2cnn(C3CCC(O)CC3)c2)ccc1Nc1nc(Nc2ccc(C[PH](=O)O)cc2)ncc1C(F)(F)F. The van der Waals surface area contributed by atoms with Gasteiger partial charge in [0, 0.05) is 36.9 Å². The lowest BCUT2D eigenvalue weighted by atomic mass is 9.93. The van der Waals surface area contributed by atoms with Gasteiger partial charge in [-0.3, -0.25) is 14.0 Å². The Morgan fingerprint density at radius 3 is 2.43 bits per heavy atom. The van der Waals surface area contributed by atoms with Crippen LogP contribution in [0.1, 0.15) is 53.2 Å². The molecular weight excluding hydrogens is 598 g/mol. The number of aromatic nitrogens is 4. The number of halogens is 3. The van der Waals surface area contributed by atoms with E-state index in [0.717, 1.165) is 18.4 Å². The Labute approximate surface area is 251 Å². The number of aliphatic hydroxyl groups excluding tert-OH is 1. The molecule has 5 N–H and O–H groups in total. The first kappa shape index (κ1) is 31.2. The fourth-order valence-electron chi connectivity index (χ4n) is 5.05. The fraction of sp³-hybridized carbons (Fsp3) is 0.310. The van der Waals surface area contributed by atoms with Crippen molar-refractivity contribution in [3.05, 3.63) is 77.7 Å². The van der Waals surface area contributed by atoms with Gasteiger partial charge in [0.05, 0.1) is 29.6 Å². The second-order valence-electron chi connectivity index (χ2n) is 10.5. The number of benzene rings is 2. The highest BCUT2D eigenvalue weighted by Gasteiger charge is 2.36. The molecule has 1 saturated carbocycles. The lowest BCUT2D eigenvalue weighted by Gasteiger charge is -2.25. The number of alkyl halides is 3. The molecule has 1 aliphatic rings. The van der Waals surface area contributed by atoms with Crippen LogP contribution in [0.25, 0.3) is 11.1 Å². The van der Waals surface area contributed by atoms with E-state index in [1.807, 2.05) is 10.9 Å². The molecule has 11 nitrogen and oxygen atoms in total. The van der Waals surface area contributed by atoms with Crippen LogP contribution in [0.3, 0.4) is 0 Å². The van der Waals surface area contributed by atoms with E-state index in [1.54, 1.807) is 42.6 Å². The summed E-state index contributed by atoms with van der Waals surface area (Å²) in [5.41, 5.74) is 1.53. The number of hydrogen-bond donors (Lipinski definition) is 5. The van der Waals surface area contributed by atoms with Crippen LogP contribution < -0.4 is 16.0 Å². The van der Waals surface area contributed by atoms with Gasteiger partial charge in [-0.2, -0.15) is 23.3 Å². The van der Waals surface area contributed by atoms with Gasteiger partial charge in [-0.15, -0.1) is 0 Å². The first-order valence-corrected chi connectivity index (χ1v) is 15.4. The van der Waals surface area contributed by atoms with E-state index >= 15 is 0 Å². The largest absolute Gasteiger partial charge is 0.421 e. The Balaban J connectivity index is 1.43. The molecule has 44 heavy (non-hydrogen) atoms. The monoisotopic (exact) mass is 629 g/mol. The van der Waals surface area contributed by atoms with Gasteiger partial charge in [0.2, 0.25) is 5.95 Å². The van der Waals surface area contributed by atoms with E-state index in [1.165, 1.54) is 13.1 Å². The fourth-order valence-corrected chi connectivity index (χ4v) is 5.63. The van der Waals surface area contributed by atoms with Crippen molar-refractivity contribution in [1.82, 2.24) is 25.1 Å². The van der Waals surface area contributed by atoms with Gasteiger partial charge in [0.15, 0.2) is 8.03 Å². The number of carbonyl (C=O) groups is 1. The molecule has 2 aromatic carbocycles. The van der Waals surface area contributed by atoms with Crippen molar-refractivity contribution in [3.8, 4) is 11.1 Å². The molecule has 0 spiro atoms. The zero-order valence-electron chi connectivity index (χ0n) is 23.6. The summed E-state index contributed by atoms with van der Waals surface area (Å²) < 4.78 is 54.8. The number of aliphatic hydroxyl groups is 1. The highest BCUT2D eigenvalue weighted by molar-refractivity contribution is 7.37. The first-order chi connectivity index (χ1) is 21.0. The smallest absolute Gasteiger partial charge is 0.393 e. The Morgan fingerprint density at radius 1 is 1.05 bits per heavy atom. The van der Waals surface area contributed by atoms with Gasteiger partial charge in [-0.05, 0) is 61.1 Å². The molecule has 5 rings (SSSR count). The number of amides is 1. The molecular formula is C29H31F3N7O4P. The highest BCUT2D eigenvalue weighted by atomic mass is 31.1. The molecule has 0 radical (unpaired) electrons. The predicted octanol–water partition coefficient (Wildman–Crippen LogP) is 5.65. The van der Waals surface area contributed by atoms with Gasteiger partial charge in [0.1, 0.15) is 11.4 Å². The van der Waals surface area contributed by atoms with E-state index in [4.69, 9.17) is 4.89 Å². The Kier molecular flexibility index (Phi) is 9.33. The second-order valence-corrected chi connectivity index (χ2v) is 11.6. The van der Waals surface area contributed by atoms with Crippen LogP contribution >= 0.6 is 8.03 Å². The van der Waals surface area contributed by atoms with E-state index in [0.29, 0.717) is 35.9 Å². The normalized spacial score (nSPS) is 17.6. The van der Waals surface area contributed by atoms with Crippen molar-refractivity contribution in [3.63, 3.8) is 0 Å². The molecule has 1 unspecified atom stereocenters. The average molecular weight is 630 g/mol. The van der Waals surface area contributed by atoms with Crippen LogP contribution in [0.15, 0.2) is 61.1 Å². The number of hydrogen-bond acceptors (Lipinski definition) is 8. The van der Waals surface area contributed by atoms with E-state index in [-0.39, 0.29) is 35.5 Å². The molecule has 1 atom stereocenters. The van der Waals surface area contributed by atoms with Gasteiger partial charge in [-0.1, -0.05) is 18.2 Å². The van der Waals surface area contributed by atoms with Crippen LogP contribution in [-0.4, -0.2) is 48.8 Å². The van der Waals surface area contributed by atoms with Crippen molar-refractivity contribution in [2.45, 2.75) is 50.2 Å². The summed E-state index contributed by atoms with van der Waals surface area (Å²) in [7, 11) is -1.27. The maximum atomic E-state index is 14.0. The van der Waals surface area contributed by atoms with Crippen LogP contribution in [0, 0.1) is 0 Å². The minimum atomic E-state index is -4.79. The van der Waals surface area contributed by atoms with Gasteiger partial charge >= 0.3 is 6.18 Å². The van der Waals surface area contributed by atoms with E-state index in [9.17, 15) is 27.6 Å². The van der Waals surface area contributed by atoms with Crippen LogP contribution in [0.2, 0.25) is 0 Å². The predicted molar refractivity (Wildman–Crippen MR) is 160 cm³/mol. The Bertz CT molecular complexity index is 1660. The minimum Gasteiger partial charge on any atom is -0.393 e. The third kappa shape index (κ3) is 7.44. The van der Waals surface area contributed by atoms with Crippen molar-refractivity contribution in [1.29, 1.82) is 0 Å². The zero-order chi connectivity index (χ0) is 31.4. The third-order valence-electron chi connectivity index (χ3n) is 7.38. The quantitative estimate of drug-likeness (QED) is 0.148. The maximum Gasteiger partial charge on any atom is 0.421 e. The summed E-state index contributed by atoms with van der Waals surface area (Å²) >= 11 is 0. The molecule has 4 aromatic rings. The number of nitrogens with zero attached hydrogens (tertiary/aromatic N) is 4. The van der Waals surface area contributed by atoms with Crippen molar-refractivity contribution >= 4 is 37.1 Å². The standard InChI is InChI=1S/C29H31F3N7O4P/c1-33-27(41)23-12-18(19-13-35-39(15-19)21-7-9-22(40)10-8-21)4-11-25(23)37-26-24(29(30,31)32)14-34-28(38-26)36-20-5-2-17(3-6-20)16-44(42)43/h2-6,11-15,21-22,40,44H,7-10,16H2,1H3,(H,33,41)(H,42,43)(H2,34,36,37,38). The number of carbonyl (C=O) groups excluding carboxylic acids is 1. The molecule has 232 valence electrons. The topological polar surface area (TPSA) is 154 Å². The molecule has 2 heterocycles. The van der Waals surface area contributed by atoms with Gasteiger partial charge in [-0.25, -0.2) is 4.98 Å². The van der Waals surface area contributed by atoms with Crippen LogP contribution in [0.5, 0.6) is 0 Å². The molecule has 0 aliphatic heterocycles. The lowest BCUT2D eigenvalue weighted by molar-refractivity contribution is -0.137. The Hall–Kier alpha value is -4.26. The first-order valence-electron chi connectivity index (χ1n) is 13.9. The molecule has 15 heteroatoms. The van der Waals surface area contributed by atoms with E-state index in [2.05, 4.69) is 31.0 Å². The molecule has 0 saturated heterocycles.